The van der Waals surface area contributed by atoms with Gasteiger partial charge in [0.1, 0.15) is 11.3 Å². The van der Waals surface area contributed by atoms with Crippen molar-refractivity contribution in [1.82, 2.24) is 14.6 Å². The minimum absolute atomic E-state index is 0.232. The quantitative estimate of drug-likeness (QED) is 0.559. The van der Waals surface area contributed by atoms with E-state index in [2.05, 4.69) is 27.5 Å². The zero-order valence-corrected chi connectivity index (χ0v) is 16.1. The van der Waals surface area contributed by atoms with Crippen LogP contribution in [0, 0.1) is 12.7 Å². The molecule has 2 heterocycles. The van der Waals surface area contributed by atoms with Gasteiger partial charge in [-0.15, -0.1) is 0 Å². The maximum Gasteiger partial charge on any atom is 0.276 e. The maximum absolute atomic E-state index is 13.4. The highest BCUT2D eigenvalue weighted by molar-refractivity contribution is 6.04. The van der Waals surface area contributed by atoms with Crippen molar-refractivity contribution in [3.05, 3.63) is 89.6 Å². The Hall–Kier alpha value is -3.74. The number of amides is 1. The van der Waals surface area contributed by atoms with Crippen LogP contribution in [0.25, 0.3) is 5.52 Å². The van der Waals surface area contributed by atoms with Crippen molar-refractivity contribution in [3.8, 4) is 0 Å². The number of aromatic nitrogens is 3. The Kier molecular flexibility index (Phi) is 4.95. The molecule has 0 aliphatic carbocycles. The van der Waals surface area contributed by atoms with E-state index in [1.807, 2.05) is 37.1 Å². The van der Waals surface area contributed by atoms with E-state index in [1.54, 1.807) is 28.9 Å². The number of rotatable bonds is 5. The molecule has 0 bridgehead atoms. The number of hydrogen-bond donors (Lipinski definition) is 1. The highest BCUT2D eigenvalue weighted by Gasteiger charge is 2.17. The van der Waals surface area contributed by atoms with Crippen molar-refractivity contribution in [2.45, 2.75) is 13.5 Å². The Morgan fingerprint density at radius 3 is 2.69 bits per heavy atom. The van der Waals surface area contributed by atoms with E-state index in [9.17, 15) is 9.18 Å². The van der Waals surface area contributed by atoms with E-state index in [0.717, 1.165) is 22.6 Å². The molecule has 6 nitrogen and oxygen atoms in total. The topological polar surface area (TPSA) is 62.5 Å². The number of fused-ring (bicyclic) bond motifs is 1. The summed E-state index contributed by atoms with van der Waals surface area (Å²) < 4.78 is 15.0. The summed E-state index contributed by atoms with van der Waals surface area (Å²) in [4.78, 5) is 19.3. The van der Waals surface area contributed by atoms with Gasteiger partial charge in [0.15, 0.2) is 11.5 Å². The summed E-state index contributed by atoms with van der Waals surface area (Å²) in [5.41, 5.74) is 3.27. The first-order valence-electron chi connectivity index (χ1n) is 9.18. The van der Waals surface area contributed by atoms with E-state index < -0.39 is 11.7 Å². The van der Waals surface area contributed by atoms with E-state index in [0.29, 0.717) is 12.2 Å². The van der Waals surface area contributed by atoms with Crippen LogP contribution in [-0.4, -0.2) is 27.6 Å². The Labute approximate surface area is 167 Å². The number of halogens is 1. The fourth-order valence-electron chi connectivity index (χ4n) is 3.18. The maximum atomic E-state index is 13.4. The predicted molar refractivity (Wildman–Crippen MR) is 111 cm³/mol. The fraction of sp³-hybridized carbons (Fsp3) is 0.136. The molecule has 7 heteroatoms. The third-order valence-electron chi connectivity index (χ3n) is 4.50. The minimum atomic E-state index is -0.414. The molecule has 2 aromatic carbocycles. The Morgan fingerprint density at radius 1 is 1.14 bits per heavy atom. The van der Waals surface area contributed by atoms with Crippen LogP contribution in [0.1, 0.15) is 21.7 Å². The molecule has 1 amide bonds. The lowest BCUT2D eigenvalue weighted by Crippen LogP contribution is -2.19. The lowest BCUT2D eigenvalue weighted by Gasteiger charge is -2.19. The van der Waals surface area contributed by atoms with Gasteiger partial charge in [-0.05, 0) is 30.7 Å². The third kappa shape index (κ3) is 4.08. The first-order chi connectivity index (χ1) is 14.0. The summed E-state index contributed by atoms with van der Waals surface area (Å²) in [6.07, 6.45) is 1.77. The van der Waals surface area contributed by atoms with Crippen LogP contribution in [0.5, 0.6) is 0 Å². The highest BCUT2D eigenvalue weighted by Crippen LogP contribution is 2.22. The van der Waals surface area contributed by atoms with Crippen molar-refractivity contribution in [2.24, 2.45) is 0 Å². The van der Waals surface area contributed by atoms with Crippen molar-refractivity contribution in [1.29, 1.82) is 0 Å². The molecule has 2 aromatic heterocycles. The number of benzene rings is 2. The number of hydrogen-bond acceptors (Lipinski definition) is 4. The average molecular weight is 389 g/mol. The Morgan fingerprint density at radius 2 is 1.93 bits per heavy atom. The SMILES string of the molecule is Cc1cn2nc(C(=O)Nc3cccc(F)c3)cc2c(N(C)Cc2ccccc2)n1. The number of anilines is 2. The van der Waals surface area contributed by atoms with E-state index in [1.165, 1.54) is 12.1 Å². The fourth-order valence-corrected chi connectivity index (χ4v) is 3.18. The van der Waals surface area contributed by atoms with Crippen molar-refractivity contribution >= 4 is 22.9 Å². The van der Waals surface area contributed by atoms with Crippen LogP contribution in [0.15, 0.2) is 66.9 Å². The summed E-state index contributed by atoms with van der Waals surface area (Å²) >= 11 is 0. The van der Waals surface area contributed by atoms with Crippen LogP contribution < -0.4 is 10.2 Å². The summed E-state index contributed by atoms with van der Waals surface area (Å²) in [6.45, 7) is 2.55. The van der Waals surface area contributed by atoms with E-state index in [4.69, 9.17) is 0 Å². The second-order valence-electron chi connectivity index (χ2n) is 6.87. The van der Waals surface area contributed by atoms with Crippen LogP contribution in [0.4, 0.5) is 15.9 Å². The lowest BCUT2D eigenvalue weighted by molar-refractivity contribution is 0.102. The van der Waals surface area contributed by atoms with Gasteiger partial charge in [0, 0.05) is 25.3 Å². The molecule has 0 aliphatic rings. The van der Waals surface area contributed by atoms with E-state index >= 15 is 0 Å². The minimum Gasteiger partial charge on any atom is -0.354 e. The predicted octanol–water partition coefficient (Wildman–Crippen LogP) is 4.07. The van der Waals surface area contributed by atoms with Gasteiger partial charge in [-0.25, -0.2) is 13.9 Å². The van der Waals surface area contributed by atoms with Crippen LogP contribution in [-0.2, 0) is 6.54 Å². The molecule has 0 saturated heterocycles. The smallest absolute Gasteiger partial charge is 0.276 e. The number of carbonyl (C=O) groups excluding carboxylic acids is 1. The Balaban J connectivity index is 1.64. The zero-order chi connectivity index (χ0) is 20.4. The zero-order valence-electron chi connectivity index (χ0n) is 16.1. The van der Waals surface area contributed by atoms with Gasteiger partial charge in [-0.1, -0.05) is 36.4 Å². The standard InChI is InChI=1S/C22H20FN5O/c1-15-13-28-20(21(24-15)27(2)14-16-7-4-3-5-8-16)12-19(26-28)22(29)25-18-10-6-9-17(23)11-18/h3-13H,14H2,1-2H3,(H,25,29). The highest BCUT2D eigenvalue weighted by atomic mass is 19.1. The van der Waals surface area contributed by atoms with Gasteiger partial charge >= 0.3 is 0 Å². The van der Waals surface area contributed by atoms with Crippen molar-refractivity contribution in [3.63, 3.8) is 0 Å². The average Bonchev–Trinajstić information content (AvgIpc) is 3.12. The molecule has 0 spiro atoms. The van der Waals surface area contributed by atoms with Crippen LogP contribution >= 0.6 is 0 Å². The number of aryl methyl sites for hydroxylation is 1. The number of nitrogens with one attached hydrogen (secondary N) is 1. The summed E-state index contributed by atoms with van der Waals surface area (Å²) in [6, 6.07) is 17.5. The normalized spacial score (nSPS) is 10.9. The first-order valence-corrected chi connectivity index (χ1v) is 9.18. The van der Waals surface area contributed by atoms with Gasteiger partial charge in [0.25, 0.3) is 5.91 Å². The summed E-state index contributed by atoms with van der Waals surface area (Å²) in [5, 5.41) is 7.06. The Bertz CT molecular complexity index is 1170. The first kappa shape index (κ1) is 18.6. The monoisotopic (exact) mass is 389 g/mol. The second kappa shape index (κ2) is 7.71. The molecule has 1 N–H and O–H groups in total. The number of nitrogens with zero attached hydrogens (tertiary/aromatic N) is 4. The second-order valence-corrected chi connectivity index (χ2v) is 6.87. The van der Waals surface area contributed by atoms with Gasteiger partial charge < -0.3 is 10.2 Å². The van der Waals surface area contributed by atoms with Gasteiger partial charge in [0.2, 0.25) is 0 Å². The van der Waals surface area contributed by atoms with Gasteiger partial charge in [0.05, 0.1) is 11.9 Å². The van der Waals surface area contributed by atoms with Gasteiger partial charge in [-0.3, -0.25) is 4.79 Å². The molecule has 0 saturated carbocycles. The molecule has 29 heavy (non-hydrogen) atoms. The summed E-state index contributed by atoms with van der Waals surface area (Å²) in [5.74, 6) is -0.0952. The largest absolute Gasteiger partial charge is 0.354 e. The molecule has 0 fully saturated rings. The van der Waals surface area contributed by atoms with E-state index in [-0.39, 0.29) is 5.69 Å². The molecular weight excluding hydrogens is 369 g/mol. The molecule has 4 rings (SSSR count). The summed E-state index contributed by atoms with van der Waals surface area (Å²) in [7, 11) is 1.95. The van der Waals surface area contributed by atoms with Crippen molar-refractivity contribution < 1.29 is 9.18 Å². The van der Waals surface area contributed by atoms with Crippen LogP contribution in [0.2, 0.25) is 0 Å². The molecule has 146 valence electrons. The molecule has 0 atom stereocenters. The molecule has 0 aliphatic heterocycles. The molecular formula is C22H20FN5O. The lowest BCUT2D eigenvalue weighted by atomic mass is 10.2. The number of carbonyl (C=O) groups is 1. The van der Waals surface area contributed by atoms with Gasteiger partial charge in [-0.2, -0.15) is 5.10 Å². The molecule has 0 radical (unpaired) electrons. The molecule has 4 aromatic rings. The van der Waals surface area contributed by atoms with Crippen LogP contribution in [0.3, 0.4) is 0 Å². The molecule has 0 unspecified atom stereocenters. The van der Waals surface area contributed by atoms with Crippen molar-refractivity contribution in [2.75, 3.05) is 17.3 Å². The third-order valence-corrected chi connectivity index (χ3v) is 4.50.